The fraction of sp³-hybridized carbons (Fsp3) is 0.333. The van der Waals surface area contributed by atoms with Crippen molar-refractivity contribution in [1.29, 1.82) is 0 Å². The molecule has 2 aromatic carbocycles. The van der Waals surface area contributed by atoms with E-state index in [1.807, 2.05) is 30.3 Å². The highest BCUT2D eigenvalue weighted by Crippen LogP contribution is 2.28. The highest BCUT2D eigenvalue weighted by Gasteiger charge is 2.14. The van der Waals surface area contributed by atoms with Crippen molar-refractivity contribution in [3.8, 4) is 0 Å². The molecule has 0 bridgehead atoms. The van der Waals surface area contributed by atoms with Crippen LogP contribution >= 0.6 is 23.2 Å². The van der Waals surface area contributed by atoms with Crippen molar-refractivity contribution in [2.45, 2.75) is 19.8 Å². The molecule has 0 spiro atoms. The molecule has 0 radical (unpaired) electrons. The minimum atomic E-state index is 0.736. The van der Waals surface area contributed by atoms with E-state index in [-0.39, 0.29) is 0 Å². The van der Waals surface area contributed by atoms with Crippen molar-refractivity contribution >= 4 is 33.9 Å². The molecule has 1 N–H and O–H groups in total. The fourth-order valence-corrected chi connectivity index (χ4v) is 3.62. The van der Waals surface area contributed by atoms with Gasteiger partial charge in [0.2, 0.25) is 0 Å². The number of allylic oxidation sites excluding steroid dienone is 1. The van der Waals surface area contributed by atoms with Crippen molar-refractivity contribution < 1.29 is 0 Å². The number of rotatable bonds is 5. The Bertz CT molecular complexity index is 749. The van der Waals surface area contributed by atoms with Crippen LogP contribution in [-0.4, -0.2) is 26.2 Å². The summed E-state index contributed by atoms with van der Waals surface area (Å²) in [5.41, 5.74) is 4.85. The van der Waals surface area contributed by atoms with Crippen LogP contribution in [0.3, 0.4) is 0 Å². The standard InChI is InChI=1S/C21H24Cl2N2/c1-2-16-15-18(8-10-21(16)25-13-11-24-12-14-25)20(23)9-7-17-5-3-4-6-19(17)22/h3-6,8-10,15,24H,2,7,11-14H2,1H3/b20-9-. The molecule has 0 atom stereocenters. The molecule has 3 rings (SSSR count). The third-order valence-electron chi connectivity index (χ3n) is 4.65. The lowest BCUT2D eigenvalue weighted by Gasteiger charge is -2.31. The molecule has 0 unspecified atom stereocenters. The number of nitrogens with one attached hydrogen (secondary N) is 1. The lowest BCUT2D eigenvalue weighted by atomic mass is 10.0. The lowest BCUT2D eigenvalue weighted by molar-refractivity contribution is 0.588. The molecule has 2 nitrogen and oxygen atoms in total. The van der Waals surface area contributed by atoms with Gasteiger partial charge in [0.05, 0.1) is 0 Å². The summed E-state index contributed by atoms with van der Waals surface area (Å²) in [6, 6.07) is 14.5. The molecule has 132 valence electrons. The molecular formula is C21H24Cl2N2. The predicted molar refractivity (Wildman–Crippen MR) is 110 cm³/mol. The molecule has 0 aromatic heterocycles. The second-order valence-corrected chi connectivity index (χ2v) is 7.10. The number of piperazine rings is 1. The van der Waals surface area contributed by atoms with E-state index in [0.29, 0.717) is 0 Å². The third-order valence-corrected chi connectivity index (χ3v) is 5.39. The van der Waals surface area contributed by atoms with Gasteiger partial charge in [-0.3, -0.25) is 0 Å². The number of halogens is 2. The van der Waals surface area contributed by atoms with Crippen LogP contribution in [0.25, 0.3) is 5.03 Å². The Hall–Kier alpha value is -1.48. The summed E-state index contributed by atoms with van der Waals surface area (Å²) in [6.07, 6.45) is 3.78. The molecule has 0 saturated carbocycles. The summed E-state index contributed by atoms with van der Waals surface area (Å²) in [5, 5.41) is 4.97. The van der Waals surface area contributed by atoms with Gasteiger partial charge in [0, 0.05) is 41.9 Å². The minimum absolute atomic E-state index is 0.736. The maximum atomic E-state index is 6.57. The van der Waals surface area contributed by atoms with E-state index in [2.05, 4.69) is 35.3 Å². The molecule has 4 heteroatoms. The Kier molecular flexibility index (Phi) is 6.41. The zero-order valence-corrected chi connectivity index (χ0v) is 16.1. The topological polar surface area (TPSA) is 15.3 Å². The molecule has 1 aliphatic heterocycles. The maximum absolute atomic E-state index is 6.57. The van der Waals surface area contributed by atoms with Crippen molar-refractivity contribution in [2.75, 3.05) is 31.1 Å². The molecule has 25 heavy (non-hydrogen) atoms. The van der Waals surface area contributed by atoms with Gasteiger partial charge in [-0.2, -0.15) is 0 Å². The molecule has 1 saturated heterocycles. The molecule has 1 aliphatic rings. The van der Waals surface area contributed by atoms with Crippen molar-refractivity contribution in [3.63, 3.8) is 0 Å². The van der Waals surface area contributed by atoms with Gasteiger partial charge in [-0.15, -0.1) is 0 Å². The number of aryl methyl sites for hydroxylation is 1. The number of hydrogen-bond donors (Lipinski definition) is 1. The molecule has 0 amide bonds. The van der Waals surface area contributed by atoms with Crippen LogP contribution in [-0.2, 0) is 12.8 Å². The van der Waals surface area contributed by atoms with Gasteiger partial charge < -0.3 is 10.2 Å². The minimum Gasteiger partial charge on any atom is -0.369 e. The van der Waals surface area contributed by atoms with Gasteiger partial charge in [0.15, 0.2) is 0 Å². The quantitative estimate of drug-likeness (QED) is 0.779. The first-order chi connectivity index (χ1) is 12.2. The van der Waals surface area contributed by atoms with Crippen LogP contribution in [0.4, 0.5) is 5.69 Å². The first kappa shape index (κ1) is 18.3. The summed E-state index contributed by atoms with van der Waals surface area (Å²) >= 11 is 12.8. The predicted octanol–water partition coefficient (Wildman–Crippen LogP) is 5.13. The summed E-state index contributed by atoms with van der Waals surface area (Å²) in [4.78, 5) is 2.46. The van der Waals surface area contributed by atoms with Gasteiger partial charge in [-0.1, -0.05) is 60.5 Å². The average molecular weight is 375 g/mol. The Morgan fingerprint density at radius 1 is 1.12 bits per heavy atom. The first-order valence-electron chi connectivity index (χ1n) is 8.87. The van der Waals surface area contributed by atoms with Crippen LogP contribution in [0.15, 0.2) is 48.5 Å². The fourth-order valence-electron chi connectivity index (χ4n) is 3.21. The van der Waals surface area contributed by atoms with Crippen molar-refractivity contribution in [1.82, 2.24) is 5.32 Å². The van der Waals surface area contributed by atoms with E-state index >= 15 is 0 Å². The molecule has 1 fully saturated rings. The smallest absolute Gasteiger partial charge is 0.0441 e. The van der Waals surface area contributed by atoms with Crippen LogP contribution < -0.4 is 10.2 Å². The summed E-state index contributed by atoms with van der Waals surface area (Å²) < 4.78 is 0. The largest absolute Gasteiger partial charge is 0.369 e. The maximum Gasteiger partial charge on any atom is 0.0441 e. The second-order valence-electron chi connectivity index (χ2n) is 6.28. The zero-order valence-electron chi connectivity index (χ0n) is 14.6. The van der Waals surface area contributed by atoms with Crippen LogP contribution in [0.5, 0.6) is 0 Å². The average Bonchev–Trinajstić information content (AvgIpc) is 2.67. The Labute approximate surface area is 160 Å². The van der Waals surface area contributed by atoms with E-state index in [4.69, 9.17) is 23.2 Å². The molecule has 0 aliphatic carbocycles. The van der Waals surface area contributed by atoms with Gasteiger partial charge in [-0.05, 0) is 47.7 Å². The number of hydrogen-bond acceptors (Lipinski definition) is 2. The monoisotopic (exact) mass is 374 g/mol. The first-order valence-corrected chi connectivity index (χ1v) is 9.62. The Morgan fingerprint density at radius 3 is 2.60 bits per heavy atom. The highest BCUT2D eigenvalue weighted by atomic mass is 35.5. The van der Waals surface area contributed by atoms with E-state index in [0.717, 1.165) is 60.2 Å². The Morgan fingerprint density at radius 2 is 1.88 bits per heavy atom. The Balaban J connectivity index is 1.79. The second kappa shape index (κ2) is 8.75. The molecule has 2 aromatic rings. The van der Waals surface area contributed by atoms with E-state index in [9.17, 15) is 0 Å². The molecule has 1 heterocycles. The van der Waals surface area contributed by atoms with Gasteiger partial charge in [0.1, 0.15) is 0 Å². The van der Waals surface area contributed by atoms with Crippen LogP contribution in [0.1, 0.15) is 23.6 Å². The van der Waals surface area contributed by atoms with Crippen LogP contribution in [0, 0.1) is 0 Å². The van der Waals surface area contributed by atoms with Gasteiger partial charge >= 0.3 is 0 Å². The zero-order chi connectivity index (χ0) is 17.6. The van der Waals surface area contributed by atoms with E-state index in [1.165, 1.54) is 11.3 Å². The third kappa shape index (κ3) is 4.58. The van der Waals surface area contributed by atoms with Crippen molar-refractivity contribution in [2.24, 2.45) is 0 Å². The van der Waals surface area contributed by atoms with Gasteiger partial charge in [-0.25, -0.2) is 0 Å². The summed E-state index contributed by atoms with van der Waals surface area (Å²) in [7, 11) is 0. The van der Waals surface area contributed by atoms with E-state index in [1.54, 1.807) is 0 Å². The number of benzene rings is 2. The summed E-state index contributed by atoms with van der Waals surface area (Å²) in [6.45, 7) is 6.41. The highest BCUT2D eigenvalue weighted by molar-refractivity contribution is 6.48. The normalized spacial score (nSPS) is 15.5. The van der Waals surface area contributed by atoms with E-state index < -0.39 is 0 Å². The SMILES string of the molecule is CCc1cc(/C(Cl)=C/Cc2ccccc2Cl)ccc1N1CCNCC1. The molecular weight excluding hydrogens is 351 g/mol. The van der Waals surface area contributed by atoms with Gasteiger partial charge in [0.25, 0.3) is 0 Å². The van der Waals surface area contributed by atoms with Crippen LogP contribution in [0.2, 0.25) is 5.02 Å². The summed E-state index contributed by atoms with van der Waals surface area (Å²) in [5.74, 6) is 0. The lowest BCUT2D eigenvalue weighted by Crippen LogP contribution is -2.43. The number of nitrogens with zero attached hydrogens (tertiary/aromatic N) is 1. The van der Waals surface area contributed by atoms with Crippen molar-refractivity contribution in [3.05, 3.63) is 70.3 Å². The number of anilines is 1.